The van der Waals surface area contributed by atoms with Crippen LogP contribution in [0.3, 0.4) is 0 Å². The Kier molecular flexibility index (Phi) is 6.44. The van der Waals surface area contributed by atoms with Crippen molar-refractivity contribution in [2.75, 3.05) is 13.2 Å². The maximum atomic E-state index is 12.9. The second-order valence-corrected chi connectivity index (χ2v) is 12.2. The zero-order valence-corrected chi connectivity index (χ0v) is 23.1. The number of hydrogen-bond donors (Lipinski definition) is 5. The minimum absolute atomic E-state index is 0.0331. The number of aliphatic hydroxyl groups excluding tert-OH is 3. The van der Waals surface area contributed by atoms with E-state index in [1.165, 1.54) is 24.3 Å². The average molecular weight is 601 g/mol. The van der Waals surface area contributed by atoms with Crippen molar-refractivity contribution in [1.29, 1.82) is 0 Å². The lowest BCUT2D eigenvalue weighted by Gasteiger charge is -2.67. The molecule has 9 rings (SSSR count). The molecule has 43 heavy (non-hydrogen) atoms. The van der Waals surface area contributed by atoms with Crippen LogP contribution < -0.4 is 0 Å². The molecule has 0 aromatic heterocycles. The Labute approximate surface area is 245 Å². The minimum Gasteiger partial charge on any atom is -0.508 e. The molecule has 2 aromatic carbocycles. The fraction of sp³-hybridized carbons (Fsp3) is 0.533. The van der Waals surface area contributed by atoms with Crippen LogP contribution in [0.2, 0.25) is 0 Å². The highest BCUT2D eigenvalue weighted by Gasteiger charge is 2.94. The molecule has 4 saturated heterocycles. The fourth-order valence-corrected chi connectivity index (χ4v) is 7.70. The standard InChI is InChI=1S/C30H32O13/c1-27-13-29(37)19-11-30(27,28(19,26(42-27)43-29)14-39-24(36)15-5-3-2-4-6-15)41-25-22(34)21(33)20(32)18(40-25)12-38-23(35)16-7-9-17(31)10-8-16/h2-10,18-22,25-26,31-34,37H,11-14H2,1H3. The molecule has 11 atom stereocenters. The number of aliphatic hydroxyl groups is 4. The molecule has 13 heteroatoms. The molecule has 3 aliphatic carbocycles. The number of ether oxygens (including phenoxy) is 6. The summed E-state index contributed by atoms with van der Waals surface area (Å²) in [5.74, 6) is -3.44. The Bertz CT molecular complexity index is 1420. The van der Waals surface area contributed by atoms with E-state index in [4.69, 9.17) is 28.4 Å². The molecule has 230 valence electrons. The molecular formula is C30H32O13. The van der Waals surface area contributed by atoms with E-state index in [9.17, 15) is 35.1 Å². The van der Waals surface area contributed by atoms with Gasteiger partial charge in [-0.05, 0) is 49.7 Å². The van der Waals surface area contributed by atoms with Crippen LogP contribution in [0.25, 0.3) is 0 Å². The number of esters is 2. The van der Waals surface area contributed by atoms with Gasteiger partial charge in [-0.15, -0.1) is 0 Å². The van der Waals surface area contributed by atoms with Crippen LogP contribution in [0.1, 0.15) is 40.5 Å². The van der Waals surface area contributed by atoms with Crippen molar-refractivity contribution in [3.63, 3.8) is 0 Å². The Morgan fingerprint density at radius 3 is 2.30 bits per heavy atom. The second kappa shape index (κ2) is 9.68. The number of phenols is 1. The number of carbonyl (C=O) groups excluding carboxylic acids is 2. The first-order chi connectivity index (χ1) is 20.4. The van der Waals surface area contributed by atoms with Gasteiger partial charge in [0, 0.05) is 12.3 Å². The first-order valence-corrected chi connectivity index (χ1v) is 14.1. The van der Waals surface area contributed by atoms with Gasteiger partial charge >= 0.3 is 11.9 Å². The molecule has 5 N–H and O–H groups in total. The molecule has 2 aromatic rings. The van der Waals surface area contributed by atoms with Gasteiger partial charge in [-0.3, -0.25) is 0 Å². The SMILES string of the molecule is CC12CC3(O)OC(O1)C1(COC(=O)c4ccccc4)C3CC21OC1OC(COC(=O)c2ccc(O)cc2)C(O)C(O)C1O. The summed E-state index contributed by atoms with van der Waals surface area (Å²) < 4.78 is 35.6. The lowest BCUT2D eigenvalue weighted by molar-refractivity contribution is -0.424. The first kappa shape index (κ1) is 28.6. The minimum atomic E-state index is -1.72. The summed E-state index contributed by atoms with van der Waals surface area (Å²) in [4.78, 5) is 25.4. The highest BCUT2D eigenvalue weighted by molar-refractivity contribution is 5.89. The van der Waals surface area contributed by atoms with E-state index >= 15 is 0 Å². The zero-order chi connectivity index (χ0) is 30.4. The van der Waals surface area contributed by atoms with E-state index in [2.05, 4.69) is 0 Å². The van der Waals surface area contributed by atoms with Gasteiger partial charge in [0.1, 0.15) is 54.6 Å². The van der Waals surface area contributed by atoms with Crippen molar-refractivity contribution in [2.45, 2.75) is 73.8 Å². The van der Waals surface area contributed by atoms with E-state index < -0.39 is 83.9 Å². The van der Waals surface area contributed by atoms with Crippen LogP contribution in [0.4, 0.5) is 0 Å². The van der Waals surface area contributed by atoms with Crippen molar-refractivity contribution >= 4 is 11.9 Å². The van der Waals surface area contributed by atoms with Gasteiger partial charge < -0.3 is 54.0 Å². The summed E-state index contributed by atoms with van der Waals surface area (Å²) in [6.45, 7) is 1.02. The van der Waals surface area contributed by atoms with Gasteiger partial charge in [0.25, 0.3) is 0 Å². The zero-order valence-electron chi connectivity index (χ0n) is 23.1. The smallest absolute Gasteiger partial charge is 0.338 e. The van der Waals surface area contributed by atoms with E-state index in [-0.39, 0.29) is 30.8 Å². The van der Waals surface area contributed by atoms with Crippen LogP contribution in [-0.4, -0.2) is 105 Å². The van der Waals surface area contributed by atoms with Gasteiger partial charge in [-0.1, -0.05) is 18.2 Å². The molecule has 7 aliphatic rings. The van der Waals surface area contributed by atoms with Crippen molar-refractivity contribution in [2.24, 2.45) is 11.3 Å². The lowest BCUT2D eigenvalue weighted by Crippen LogP contribution is -2.80. The molecule has 11 unspecified atom stereocenters. The third kappa shape index (κ3) is 3.93. The van der Waals surface area contributed by atoms with E-state index in [0.29, 0.717) is 5.56 Å². The van der Waals surface area contributed by atoms with Gasteiger partial charge in [-0.25, -0.2) is 9.59 Å². The van der Waals surface area contributed by atoms with Crippen molar-refractivity contribution < 1.29 is 63.5 Å². The maximum Gasteiger partial charge on any atom is 0.338 e. The summed E-state index contributed by atoms with van der Waals surface area (Å²) in [5, 5.41) is 53.1. The number of phenolic OH excluding ortho intramolecular Hbond substituents is 1. The van der Waals surface area contributed by atoms with Crippen LogP contribution >= 0.6 is 0 Å². The Morgan fingerprint density at radius 2 is 1.58 bits per heavy atom. The molecule has 4 heterocycles. The Morgan fingerprint density at radius 1 is 0.907 bits per heavy atom. The van der Waals surface area contributed by atoms with Crippen LogP contribution in [0.15, 0.2) is 54.6 Å². The predicted molar refractivity (Wildman–Crippen MR) is 140 cm³/mol. The number of benzene rings is 2. The number of aromatic hydroxyl groups is 1. The summed E-state index contributed by atoms with van der Waals surface area (Å²) in [7, 11) is 0. The van der Waals surface area contributed by atoms with Crippen molar-refractivity contribution in [3.8, 4) is 5.75 Å². The highest BCUT2D eigenvalue weighted by Crippen LogP contribution is 2.81. The normalized spacial score (nSPS) is 43.7. The quantitative estimate of drug-likeness (QED) is 0.259. The largest absolute Gasteiger partial charge is 0.508 e. The predicted octanol–water partition coefficient (Wildman–Crippen LogP) is 0.213. The Hall–Kier alpha value is -3.14. The van der Waals surface area contributed by atoms with Gasteiger partial charge in [-0.2, -0.15) is 0 Å². The highest BCUT2D eigenvalue weighted by atomic mass is 16.8. The molecule has 6 bridgehead atoms. The molecule has 4 aliphatic heterocycles. The monoisotopic (exact) mass is 600 g/mol. The molecule has 0 amide bonds. The van der Waals surface area contributed by atoms with E-state index in [1.54, 1.807) is 37.3 Å². The van der Waals surface area contributed by atoms with Crippen LogP contribution in [-0.2, 0) is 28.4 Å². The number of carbonyl (C=O) groups is 2. The lowest BCUT2D eigenvalue weighted by atomic mass is 9.41. The second-order valence-electron chi connectivity index (χ2n) is 12.2. The van der Waals surface area contributed by atoms with Crippen LogP contribution in [0, 0.1) is 11.3 Å². The fourth-order valence-electron chi connectivity index (χ4n) is 7.70. The van der Waals surface area contributed by atoms with Gasteiger partial charge in [0.05, 0.1) is 16.5 Å². The molecular weight excluding hydrogens is 568 g/mol. The van der Waals surface area contributed by atoms with E-state index in [0.717, 1.165) is 0 Å². The summed E-state index contributed by atoms with van der Waals surface area (Å²) in [6.07, 6.45) is -8.60. The maximum absolute atomic E-state index is 12.9. The molecule has 7 fully saturated rings. The van der Waals surface area contributed by atoms with Crippen molar-refractivity contribution in [1.82, 2.24) is 0 Å². The number of hydrogen-bond acceptors (Lipinski definition) is 13. The topological polar surface area (TPSA) is 191 Å². The third-order valence-corrected chi connectivity index (χ3v) is 9.87. The molecule has 3 saturated carbocycles. The van der Waals surface area contributed by atoms with E-state index in [1.807, 2.05) is 0 Å². The average Bonchev–Trinajstić information content (AvgIpc) is 3.18. The van der Waals surface area contributed by atoms with Gasteiger partial charge in [0.2, 0.25) is 0 Å². The third-order valence-electron chi connectivity index (χ3n) is 9.87. The summed E-state index contributed by atoms with van der Waals surface area (Å²) in [5.41, 5.74) is -3.12. The Balaban J connectivity index is 1.12. The van der Waals surface area contributed by atoms with Crippen molar-refractivity contribution in [3.05, 3.63) is 65.7 Å². The molecule has 13 nitrogen and oxygen atoms in total. The van der Waals surface area contributed by atoms with Crippen LogP contribution in [0.5, 0.6) is 5.75 Å². The summed E-state index contributed by atoms with van der Waals surface area (Å²) >= 11 is 0. The van der Waals surface area contributed by atoms with Gasteiger partial charge in [0.15, 0.2) is 18.4 Å². The molecule has 0 radical (unpaired) electrons. The first-order valence-electron chi connectivity index (χ1n) is 14.1. The molecule has 0 spiro atoms. The summed E-state index contributed by atoms with van der Waals surface area (Å²) in [6, 6.07) is 13.8. The number of rotatable bonds is 8.